The first-order valence-corrected chi connectivity index (χ1v) is 11.0. The van der Waals surface area contributed by atoms with Crippen LogP contribution in [0.1, 0.15) is 69.2 Å². The summed E-state index contributed by atoms with van der Waals surface area (Å²) < 4.78 is 0. The fourth-order valence-corrected chi connectivity index (χ4v) is 5.13. The van der Waals surface area contributed by atoms with E-state index in [2.05, 4.69) is 75.3 Å². The van der Waals surface area contributed by atoms with E-state index < -0.39 is 0 Å². The van der Waals surface area contributed by atoms with Gasteiger partial charge in [-0.25, -0.2) is 0 Å². The average molecular weight is 494 g/mol. The second-order valence-electron chi connectivity index (χ2n) is 9.67. The minimum Gasteiger partial charge on any atom is -0.358 e. The van der Waals surface area contributed by atoms with Gasteiger partial charge < -0.3 is 22.3 Å². The Balaban J connectivity index is -0.000000162. The van der Waals surface area contributed by atoms with Gasteiger partial charge in [-0.1, -0.05) is 69.2 Å². The zero-order chi connectivity index (χ0) is 20.0. The predicted octanol–water partition coefficient (Wildman–Crippen LogP) is 9.20. The van der Waals surface area contributed by atoms with Crippen molar-refractivity contribution in [1.29, 1.82) is 0 Å². The van der Waals surface area contributed by atoms with Crippen LogP contribution in [0.3, 0.4) is 0 Å². The molecule has 30 heavy (non-hydrogen) atoms. The second-order valence-corrected chi connectivity index (χ2v) is 9.67. The van der Waals surface area contributed by atoms with E-state index >= 15 is 0 Å². The third-order valence-corrected chi connectivity index (χ3v) is 8.90. The molecule has 3 rings (SSSR count). The Morgan fingerprint density at radius 3 is 0.600 bits per heavy atom. The molecule has 2 aliphatic carbocycles. The van der Waals surface area contributed by atoms with Crippen LogP contribution in [0.4, 0.5) is 0 Å². The maximum atomic E-state index is 2.89. The molecule has 0 N–H and O–H groups in total. The number of hydrogen-bond acceptors (Lipinski definition) is 0. The standard InChI is InChI=1S/2C10H20.C6H5.3CH3.Zr/c2*1-6-7(2)9(4)10(5)8(6)3;1-2-4-6-5-3-1;;;;/h2*6-10H,1-5H3;1-5H;3*1H3;/q;;4*-1;+4. The normalized spacial score (nSPS) is 38.6. The molecule has 1 heteroatoms. The molecule has 2 fully saturated rings. The van der Waals surface area contributed by atoms with Crippen LogP contribution in [-0.4, -0.2) is 0 Å². The summed E-state index contributed by atoms with van der Waals surface area (Å²) in [5.74, 6) is 9.35. The molecule has 0 bridgehead atoms. The Labute approximate surface area is 212 Å². The Morgan fingerprint density at radius 1 is 0.367 bits per heavy atom. The second kappa shape index (κ2) is 17.6. The van der Waals surface area contributed by atoms with Gasteiger partial charge in [0, 0.05) is 0 Å². The Morgan fingerprint density at radius 2 is 0.533 bits per heavy atom. The van der Waals surface area contributed by atoms with Gasteiger partial charge in [0.05, 0.1) is 0 Å². The van der Waals surface area contributed by atoms with Crippen LogP contribution in [0, 0.1) is 87.5 Å². The van der Waals surface area contributed by atoms with Crippen molar-refractivity contribution in [3.05, 3.63) is 58.7 Å². The Hall–Kier alpha value is 0.103. The van der Waals surface area contributed by atoms with E-state index in [4.69, 9.17) is 0 Å². The van der Waals surface area contributed by atoms with Gasteiger partial charge in [-0.3, -0.25) is 0 Å². The van der Waals surface area contributed by atoms with Crippen LogP contribution in [-0.2, 0) is 26.2 Å². The molecule has 0 radical (unpaired) electrons. The van der Waals surface area contributed by atoms with E-state index in [9.17, 15) is 0 Å². The summed E-state index contributed by atoms with van der Waals surface area (Å²) >= 11 is 0. The number of benzene rings is 1. The molecule has 0 aromatic heterocycles. The molecule has 0 atom stereocenters. The van der Waals surface area contributed by atoms with Crippen molar-refractivity contribution in [3.8, 4) is 0 Å². The maximum Gasteiger partial charge on any atom is 4.00 e. The van der Waals surface area contributed by atoms with Gasteiger partial charge in [-0.15, -0.1) is 0 Å². The van der Waals surface area contributed by atoms with Crippen LogP contribution in [0.5, 0.6) is 0 Å². The molecule has 0 spiro atoms. The van der Waals surface area contributed by atoms with Crippen molar-refractivity contribution in [2.75, 3.05) is 0 Å². The molecule has 0 heterocycles. The van der Waals surface area contributed by atoms with Crippen molar-refractivity contribution < 1.29 is 26.2 Å². The SMILES string of the molecule is CC1C(C)C(C)C(C)C1C.CC1C(C)C(C)C(C)C1C.[CH3-].[CH3-].[CH3-].[Zr+4].[c-]1ccccc1. The molecule has 0 unspecified atom stereocenters. The van der Waals surface area contributed by atoms with E-state index in [1.54, 1.807) is 0 Å². The van der Waals surface area contributed by atoms with Gasteiger partial charge in [-0.05, 0) is 59.2 Å². The zero-order valence-electron chi connectivity index (χ0n) is 22.7. The van der Waals surface area contributed by atoms with Crippen LogP contribution in [0.2, 0.25) is 0 Å². The molecule has 0 nitrogen and oxygen atoms in total. The Kier molecular flexibility index (Phi) is 22.0. The maximum absolute atomic E-state index is 2.89. The summed E-state index contributed by atoms with van der Waals surface area (Å²) in [5.41, 5.74) is 0. The fourth-order valence-electron chi connectivity index (χ4n) is 5.13. The summed E-state index contributed by atoms with van der Waals surface area (Å²) in [6.07, 6.45) is 0. The zero-order valence-corrected chi connectivity index (χ0v) is 25.1. The smallest absolute Gasteiger partial charge is 0.358 e. The Bertz CT molecular complexity index is 338. The molecule has 0 saturated heterocycles. The summed E-state index contributed by atoms with van der Waals surface area (Å²) in [5, 5.41) is 0. The molecule has 174 valence electrons. The fraction of sp³-hybridized carbons (Fsp3) is 0.690. The van der Waals surface area contributed by atoms with Gasteiger partial charge in [0.2, 0.25) is 0 Å². The first-order chi connectivity index (χ1) is 12.1. The third kappa shape index (κ3) is 9.71. The number of hydrogen-bond donors (Lipinski definition) is 0. The average Bonchev–Trinajstić information content (AvgIpc) is 2.94. The van der Waals surface area contributed by atoms with Crippen molar-refractivity contribution in [2.24, 2.45) is 59.2 Å². The molecular formula is C29H54Zr. The van der Waals surface area contributed by atoms with E-state index in [1.807, 2.05) is 30.3 Å². The minimum atomic E-state index is 0. The van der Waals surface area contributed by atoms with Gasteiger partial charge >= 0.3 is 26.2 Å². The van der Waals surface area contributed by atoms with E-state index in [1.165, 1.54) is 0 Å². The van der Waals surface area contributed by atoms with E-state index in [0.29, 0.717) is 0 Å². The summed E-state index contributed by atoms with van der Waals surface area (Å²) in [6, 6.07) is 12.5. The van der Waals surface area contributed by atoms with E-state index in [-0.39, 0.29) is 48.5 Å². The van der Waals surface area contributed by atoms with Crippen LogP contribution in [0.15, 0.2) is 30.3 Å². The van der Waals surface area contributed by atoms with Gasteiger partial charge in [0.25, 0.3) is 0 Å². The molecule has 2 saturated carbocycles. The van der Waals surface area contributed by atoms with Crippen LogP contribution in [0.25, 0.3) is 0 Å². The molecular weight excluding hydrogens is 440 g/mol. The number of rotatable bonds is 0. The topological polar surface area (TPSA) is 0 Å². The van der Waals surface area contributed by atoms with Crippen molar-refractivity contribution in [3.63, 3.8) is 0 Å². The van der Waals surface area contributed by atoms with Crippen LogP contribution < -0.4 is 0 Å². The van der Waals surface area contributed by atoms with Crippen molar-refractivity contribution in [2.45, 2.75) is 69.2 Å². The van der Waals surface area contributed by atoms with Gasteiger partial charge in [0.1, 0.15) is 0 Å². The predicted molar refractivity (Wildman–Crippen MR) is 136 cm³/mol. The molecule has 1 aromatic rings. The van der Waals surface area contributed by atoms with E-state index in [0.717, 1.165) is 59.2 Å². The quantitative estimate of drug-likeness (QED) is 0.316. The van der Waals surface area contributed by atoms with Crippen molar-refractivity contribution >= 4 is 0 Å². The first kappa shape index (κ1) is 37.4. The van der Waals surface area contributed by atoms with Gasteiger partial charge in [-0.2, -0.15) is 36.4 Å². The largest absolute Gasteiger partial charge is 4.00 e. The summed E-state index contributed by atoms with van der Waals surface area (Å²) in [7, 11) is 0. The molecule has 0 amide bonds. The molecule has 0 aliphatic heterocycles. The minimum absolute atomic E-state index is 0. The third-order valence-electron chi connectivity index (χ3n) is 8.90. The summed E-state index contributed by atoms with van der Waals surface area (Å²) in [6.45, 7) is 24.0. The monoisotopic (exact) mass is 492 g/mol. The summed E-state index contributed by atoms with van der Waals surface area (Å²) in [4.78, 5) is 0. The molecule has 1 aromatic carbocycles. The first-order valence-electron chi connectivity index (χ1n) is 11.0. The van der Waals surface area contributed by atoms with Crippen molar-refractivity contribution in [1.82, 2.24) is 0 Å². The van der Waals surface area contributed by atoms with Crippen LogP contribution >= 0.6 is 0 Å². The molecule has 2 aliphatic rings. The van der Waals surface area contributed by atoms with Gasteiger partial charge in [0.15, 0.2) is 0 Å².